The van der Waals surface area contributed by atoms with Crippen molar-refractivity contribution in [3.05, 3.63) is 64.9 Å². The first-order valence-corrected chi connectivity index (χ1v) is 9.11. The number of H-pyrrole nitrogens is 1. The van der Waals surface area contributed by atoms with E-state index in [4.69, 9.17) is 0 Å². The van der Waals surface area contributed by atoms with Crippen LogP contribution < -0.4 is 14.4 Å². The van der Waals surface area contributed by atoms with Crippen LogP contribution in [0.25, 0.3) is 11.3 Å². The van der Waals surface area contributed by atoms with Crippen molar-refractivity contribution < 1.29 is 27.0 Å². The molecule has 29 heavy (non-hydrogen) atoms. The Balaban J connectivity index is 1.46. The summed E-state index contributed by atoms with van der Waals surface area (Å²) in [6.45, 7) is 2.89. The van der Waals surface area contributed by atoms with Gasteiger partial charge in [0.25, 0.3) is 0 Å². The Bertz CT molecular complexity index is 1110. The van der Waals surface area contributed by atoms with Gasteiger partial charge in [-0.3, -0.25) is 0 Å². The summed E-state index contributed by atoms with van der Waals surface area (Å²) in [7, 11) is 0. The topological polar surface area (TPSA) is 37.5 Å². The normalized spacial score (nSPS) is 16.8. The van der Waals surface area contributed by atoms with Crippen molar-refractivity contribution in [1.29, 1.82) is 0 Å². The third-order valence-corrected chi connectivity index (χ3v) is 5.28. The number of aromatic amines is 1. The number of hydrogen-bond donors (Lipinski definition) is 1. The van der Waals surface area contributed by atoms with Crippen molar-refractivity contribution >= 4 is 5.69 Å². The average Bonchev–Trinajstić information content (AvgIpc) is 3.18. The van der Waals surface area contributed by atoms with Gasteiger partial charge < -0.3 is 19.4 Å². The number of alkyl halides is 2. The zero-order chi connectivity index (χ0) is 20.3. The summed E-state index contributed by atoms with van der Waals surface area (Å²) in [5.74, 6) is -1.27. The minimum atomic E-state index is -3.66. The molecule has 3 aromatic rings. The zero-order valence-electron chi connectivity index (χ0n) is 15.4. The molecule has 0 fully saturated rings. The predicted octanol–water partition coefficient (Wildman–Crippen LogP) is 5.15. The number of aryl methyl sites for hydroxylation is 1. The lowest BCUT2D eigenvalue weighted by Gasteiger charge is -2.30. The lowest BCUT2D eigenvalue weighted by atomic mass is 10.0. The molecule has 0 saturated heterocycles. The van der Waals surface area contributed by atoms with E-state index in [9.17, 15) is 17.6 Å². The van der Waals surface area contributed by atoms with Gasteiger partial charge in [-0.25, -0.2) is 8.78 Å². The van der Waals surface area contributed by atoms with Gasteiger partial charge >= 0.3 is 6.29 Å². The molecular weight excluding hydrogens is 388 g/mol. The summed E-state index contributed by atoms with van der Waals surface area (Å²) < 4.78 is 64.0. The van der Waals surface area contributed by atoms with Crippen LogP contribution in [0.15, 0.2) is 36.4 Å². The van der Waals surface area contributed by atoms with Gasteiger partial charge in [-0.1, -0.05) is 6.07 Å². The number of rotatable bonds is 2. The SMILES string of the molecule is Cc1cc2c(cc1N1CCc3[nH]c(-c4c(F)cccc4F)cc3C1)OC(F)(F)O2. The quantitative estimate of drug-likeness (QED) is 0.600. The molecule has 1 N–H and O–H groups in total. The number of benzene rings is 2. The van der Waals surface area contributed by atoms with Gasteiger partial charge in [-0.15, -0.1) is 8.78 Å². The van der Waals surface area contributed by atoms with Gasteiger partial charge in [-0.2, -0.15) is 0 Å². The predicted molar refractivity (Wildman–Crippen MR) is 98.3 cm³/mol. The number of ether oxygens (including phenoxy) is 2. The van der Waals surface area contributed by atoms with E-state index in [1.54, 1.807) is 12.1 Å². The highest BCUT2D eigenvalue weighted by atomic mass is 19.3. The number of hydrogen-bond acceptors (Lipinski definition) is 3. The molecule has 0 radical (unpaired) electrons. The number of anilines is 1. The smallest absolute Gasteiger partial charge is 0.395 e. The Labute approximate surface area is 163 Å². The molecule has 0 unspecified atom stereocenters. The Kier molecular flexibility index (Phi) is 3.81. The molecule has 5 rings (SSSR count). The first-order valence-electron chi connectivity index (χ1n) is 9.11. The van der Waals surface area contributed by atoms with Crippen LogP contribution in [0.4, 0.5) is 23.2 Å². The Morgan fingerprint density at radius 2 is 1.72 bits per heavy atom. The summed E-state index contributed by atoms with van der Waals surface area (Å²) >= 11 is 0. The van der Waals surface area contributed by atoms with Gasteiger partial charge in [0, 0.05) is 37.0 Å². The summed E-state index contributed by atoms with van der Waals surface area (Å²) in [4.78, 5) is 5.14. The molecule has 150 valence electrons. The van der Waals surface area contributed by atoms with Crippen molar-refractivity contribution in [3.63, 3.8) is 0 Å². The second-order valence-electron chi connectivity index (χ2n) is 7.21. The van der Waals surface area contributed by atoms with E-state index in [0.29, 0.717) is 25.2 Å². The third-order valence-electron chi connectivity index (χ3n) is 5.28. The van der Waals surface area contributed by atoms with Crippen molar-refractivity contribution in [2.75, 3.05) is 11.4 Å². The largest absolute Gasteiger partial charge is 0.586 e. The van der Waals surface area contributed by atoms with Crippen molar-refractivity contribution in [1.82, 2.24) is 4.98 Å². The molecule has 4 nitrogen and oxygen atoms in total. The third kappa shape index (κ3) is 2.99. The van der Waals surface area contributed by atoms with Crippen LogP contribution in [0, 0.1) is 18.6 Å². The molecule has 0 saturated carbocycles. The molecule has 0 aliphatic carbocycles. The van der Waals surface area contributed by atoms with E-state index in [1.807, 2.05) is 11.8 Å². The number of aromatic nitrogens is 1. The second kappa shape index (κ2) is 6.17. The summed E-state index contributed by atoms with van der Waals surface area (Å²) in [6.07, 6.45) is -3.04. The molecule has 0 amide bonds. The standard InChI is InChI=1S/C21H16F4N2O2/c1-11-7-18-19(29-21(24,25)28-18)9-17(11)27-6-5-15-12(10-27)8-16(26-15)20-13(22)3-2-4-14(20)23/h2-4,7-9,26H,5-6,10H2,1H3. The minimum Gasteiger partial charge on any atom is -0.395 e. The summed E-state index contributed by atoms with van der Waals surface area (Å²) in [6, 6.07) is 8.57. The van der Waals surface area contributed by atoms with Crippen LogP contribution in [0.1, 0.15) is 16.8 Å². The molecule has 0 bridgehead atoms. The summed E-state index contributed by atoms with van der Waals surface area (Å²) in [5.41, 5.74) is 3.62. The maximum Gasteiger partial charge on any atom is 0.586 e. The number of fused-ring (bicyclic) bond motifs is 2. The van der Waals surface area contributed by atoms with Gasteiger partial charge in [0.1, 0.15) is 11.6 Å². The van der Waals surface area contributed by atoms with Gasteiger partial charge in [-0.05, 0) is 42.3 Å². The Hall–Kier alpha value is -3.16. The maximum atomic E-state index is 14.1. The average molecular weight is 404 g/mol. The zero-order valence-corrected chi connectivity index (χ0v) is 15.4. The Morgan fingerprint density at radius 3 is 2.45 bits per heavy atom. The number of nitrogens with one attached hydrogen (secondary N) is 1. The molecule has 2 aromatic carbocycles. The van der Waals surface area contributed by atoms with Gasteiger partial charge in [0.2, 0.25) is 0 Å². The number of halogens is 4. The van der Waals surface area contributed by atoms with E-state index in [-0.39, 0.29) is 17.1 Å². The van der Waals surface area contributed by atoms with Crippen molar-refractivity contribution in [2.24, 2.45) is 0 Å². The highest BCUT2D eigenvalue weighted by Gasteiger charge is 2.44. The number of nitrogens with zero attached hydrogens (tertiary/aromatic N) is 1. The lowest BCUT2D eigenvalue weighted by molar-refractivity contribution is -0.286. The molecule has 2 aliphatic rings. The van der Waals surface area contributed by atoms with E-state index < -0.39 is 17.9 Å². The van der Waals surface area contributed by atoms with Crippen LogP contribution in [0.2, 0.25) is 0 Å². The fourth-order valence-electron chi connectivity index (χ4n) is 3.96. The van der Waals surface area contributed by atoms with E-state index in [1.165, 1.54) is 24.3 Å². The molecule has 0 spiro atoms. The van der Waals surface area contributed by atoms with Gasteiger partial charge in [0.05, 0.1) is 11.3 Å². The molecule has 2 aliphatic heterocycles. The van der Waals surface area contributed by atoms with Crippen LogP contribution in [-0.2, 0) is 13.0 Å². The molecule has 3 heterocycles. The van der Waals surface area contributed by atoms with Crippen LogP contribution in [-0.4, -0.2) is 17.8 Å². The highest BCUT2D eigenvalue weighted by molar-refractivity contribution is 5.66. The monoisotopic (exact) mass is 404 g/mol. The fraction of sp³-hybridized carbons (Fsp3) is 0.238. The highest BCUT2D eigenvalue weighted by Crippen LogP contribution is 2.45. The van der Waals surface area contributed by atoms with E-state index >= 15 is 0 Å². The van der Waals surface area contributed by atoms with Crippen molar-refractivity contribution in [2.45, 2.75) is 26.2 Å². The summed E-state index contributed by atoms with van der Waals surface area (Å²) in [5, 5.41) is 0. The van der Waals surface area contributed by atoms with Gasteiger partial charge in [0.15, 0.2) is 11.5 Å². The first kappa shape index (κ1) is 17.9. The second-order valence-corrected chi connectivity index (χ2v) is 7.21. The lowest BCUT2D eigenvalue weighted by Crippen LogP contribution is -2.30. The van der Waals surface area contributed by atoms with E-state index in [0.717, 1.165) is 22.5 Å². The Morgan fingerprint density at radius 1 is 1.03 bits per heavy atom. The molecule has 0 atom stereocenters. The maximum absolute atomic E-state index is 14.1. The van der Waals surface area contributed by atoms with Crippen LogP contribution in [0.5, 0.6) is 11.5 Å². The fourth-order valence-corrected chi connectivity index (χ4v) is 3.96. The molecule has 8 heteroatoms. The van der Waals surface area contributed by atoms with Crippen LogP contribution >= 0.6 is 0 Å². The van der Waals surface area contributed by atoms with E-state index in [2.05, 4.69) is 14.5 Å². The minimum absolute atomic E-state index is 0.00732. The van der Waals surface area contributed by atoms with Crippen LogP contribution in [0.3, 0.4) is 0 Å². The molecular formula is C21H16F4N2O2. The molecule has 1 aromatic heterocycles. The first-order chi connectivity index (χ1) is 13.8. The van der Waals surface area contributed by atoms with Crippen molar-refractivity contribution in [3.8, 4) is 22.8 Å².